The predicted octanol–water partition coefficient (Wildman–Crippen LogP) is 3.53. The Morgan fingerprint density at radius 1 is 1.06 bits per heavy atom. The van der Waals surface area contributed by atoms with Crippen LogP contribution in [0.4, 0.5) is 4.79 Å². The molecule has 4 rings (SSSR count). The van der Waals surface area contributed by atoms with E-state index < -0.39 is 17.6 Å². The van der Waals surface area contributed by atoms with Crippen LogP contribution in [-0.4, -0.2) is 28.0 Å². The summed E-state index contributed by atoms with van der Waals surface area (Å²) in [5.41, 5.74) is 3.26. The molecule has 0 aliphatic heterocycles. The first kappa shape index (κ1) is 21.8. The lowest BCUT2D eigenvalue weighted by Gasteiger charge is -2.14. The molecule has 8 nitrogen and oxygen atoms in total. The van der Waals surface area contributed by atoms with Gasteiger partial charge in [0.05, 0.1) is 24.0 Å². The number of halogens is 1. The number of nitrogens with one attached hydrogen (secondary N) is 2. The normalized spacial score (nSPS) is 13.8. The van der Waals surface area contributed by atoms with Crippen molar-refractivity contribution in [2.24, 2.45) is 0 Å². The first-order valence-corrected chi connectivity index (χ1v) is 10.9. The monoisotopic (exact) mass is 454 g/mol. The number of hydrogen-bond acceptors (Lipinski definition) is 5. The number of rotatable bonds is 6. The highest BCUT2D eigenvalue weighted by Gasteiger charge is 2.20. The number of aromatic nitrogens is 2. The minimum absolute atomic E-state index is 0.0548. The molecule has 3 aromatic rings. The van der Waals surface area contributed by atoms with Crippen LogP contribution in [0.3, 0.4) is 0 Å². The van der Waals surface area contributed by atoms with E-state index >= 15 is 0 Å². The van der Waals surface area contributed by atoms with Crippen molar-refractivity contribution in [1.29, 1.82) is 0 Å². The van der Waals surface area contributed by atoms with Crippen molar-refractivity contribution in [1.82, 2.24) is 15.2 Å². The van der Waals surface area contributed by atoms with E-state index in [-0.39, 0.29) is 19.1 Å². The number of nitrogens with zero attached hydrogens (tertiary/aromatic N) is 2. The van der Waals surface area contributed by atoms with Gasteiger partial charge in [0.25, 0.3) is 5.56 Å². The average Bonchev–Trinajstić information content (AvgIpc) is 3.29. The van der Waals surface area contributed by atoms with Crippen LogP contribution in [0.2, 0.25) is 5.02 Å². The molecule has 2 aromatic carbocycles. The molecule has 1 aliphatic rings. The Balaban J connectivity index is 1.51. The maximum absolute atomic E-state index is 12.8. The van der Waals surface area contributed by atoms with Crippen LogP contribution in [0.5, 0.6) is 0 Å². The highest BCUT2D eigenvalue weighted by Crippen LogP contribution is 2.21. The van der Waals surface area contributed by atoms with Crippen LogP contribution in [-0.2, 0) is 22.5 Å². The Morgan fingerprint density at radius 3 is 2.47 bits per heavy atom. The van der Waals surface area contributed by atoms with Gasteiger partial charge in [0.1, 0.15) is 6.10 Å². The molecule has 2 amide bonds. The number of benzene rings is 2. The maximum Gasteiger partial charge on any atom is 0.407 e. The molecule has 1 aromatic heterocycles. The zero-order valence-electron chi connectivity index (χ0n) is 17.3. The molecule has 0 unspecified atom stereocenters. The Labute approximate surface area is 189 Å². The van der Waals surface area contributed by atoms with Crippen molar-refractivity contribution in [3.8, 4) is 0 Å². The lowest BCUT2D eigenvalue weighted by Crippen LogP contribution is -2.37. The molecule has 2 N–H and O–H groups in total. The van der Waals surface area contributed by atoms with E-state index in [1.54, 1.807) is 48.5 Å². The summed E-state index contributed by atoms with van der Waals surface area (Å²) in [6.07, 6.45) is 3.35. The summed E-state index contributed by atoms with van der Waals surface area (Å²) >= 11 is 5.88. The fraction of sp³-hybridized carbons (Fsp3) is 0.304. The number of carbonyl (C=O) groups excluding carboxylic acids is 2. The third-order valence-corrected chi connectivity index (χ3v) is 5.62. The minimum Gasteiger partial charge on any atom is -0.446 e. The summed E-state index contributed by atoms with van der Waals surface area (Å²) in [5.74, 6) is -0.406. The van der Waals surface area contributed by atoms with E-state index in [2.05, 4.69) is 15.8 Å². The maximum atomic E-state index is 12.8. The predicted molar refractivity (Wildman–Crippen MR) is 121 cm³/mol. The molecule has 0 spiro atoms. The van der Waals surface area contributed by atoms with Crippen molar-refractivity contribution in [3.63, 3.8) is 0 Å². The minimum atomic E-state index is -0.521. The van der Waals surface area contributed by atoms with Crippen molar-refractivity contribution in [3.05, 3.63) is 75.2 Å². The molecular formula is C23H23ClN4O4. The number of ether oxygens (including phenoxy) is 1. The van der Waals surface area contributed by atoms with Gasteiger partial charge in [0.2, 0.25) is 5.91 Å². The fourth-order valence-corrected chi connectivity index (χ4v) is 3.89. The summed E-state index contributed by atoms with van der Waals surface area (Å²) < 4.78 is 5.41. The van der Waals surface area contributed by atoms with Gasteiger partial charge in [-0.1, -0.05) is 41.9 Å². The second-order valence-corrected chi connectivity index (χ2v) is 8.15. The Morgan fingerprint density at radius 2 is 1.75 bits per heavy atom. The fourth-order valence-electron chi connectivity index (χ4n) is 3.76. The molecule has 1 saturated carbocycles. The third-order valence-electron chi connectivity index (χ3n) is 5.37. The quantitative estimate of drug-likeness (QED) is 0.593. The van der Waals surface area contributed by atoms with Crippen LogP contribution >= 0.6 is 11.6 Å². The molecule has 0 saturated heterocycles. The SMILES string of the molecule is O=C(Cc1ccc(Cl)cc1)Nn1nc(CNC(=O)OC2CCCC2)c2ccccc2c1=O. The van der Waals surface area contributed by atoms with Gasteiger partial charge >= 0.3 is 6.09 Å². The molecule has 1 heterocycles. The lowest BCUT2D eigenvalue weighted by atomic mass is 10.1. The van der Waals surface area contributed by atoms with Gasteiger partial charge in [-0.25, -0.2) is 10.2 Å². The zero-order valence-corrected chi connectivity index (χ0v) is 18.1. The first-order valence-electron chi connectivity index (χ1n) is 10.5. The number of amides is 2. The van der Waals surface area contributed by atoms with Crippen molar-refractivity contribution < 1.29 is 14.3 Å². The summed E-state index contributed by atoms with van der Waals surface area (Å²) in [5, 5.41) is 8.54. The summed E-state index contributed by atoms with van der Waals surface area (Å²) in [6.45, 7) is 0.0550. The van der Waals surface area contributed by atoms with E-state index in [0.717, 1.165) is 36.0 Å². The second kappa shape index (κ2) is 9.82. The first-order chi connectivity index (χ1) is 15.5. The Kier molecular flexibility index (Phi) is 6.70. The van der Waals surface area contributed by atoms with Gasteiger partial charge in [-0.2, -0.15) is 5.10 Å². The van der Waals surface area contributed by atoms with Crippen LogP contribution < -0.4 is 16.3 Å². The third kappa shape index (κ3) is 5.26. The van der Waals surface area contributed by atoms with E-state index in [4.69, 9.17) is 16.3 Å². The summed E-state index contributed by atoms with van der Waals surface area (Å²) in [6, 6.07) is 13.8. The molecule has 32 heavy (non-hydrogen) atoms. The van der Waals surface area contributed by atoms with Crippen molar-refractivity contribution in [2.75, 3.05) is 5.43 Å². The molecule has 0 radical (unpaired) electrons. The average molecular weight is 455 g/mol. The van der Waals surface area contributed by atoms with Gasteiger partial charge < -0.3 is 10.1 Å². The van der Waals surface area contributed by atoms with E-state index in [1.165, 1.54) is 0 Å². The standard InChI is InChI=1S/C23H23ClN4O4/c24-16-11-9-15(10-12-16)13-21(29)27-28-22(30)19-8-4-3-7-18(19)20(26-28)14-25-23(31)32-17-5-1-2-6-17/h3-4,7-12,17H,1-2,5-6,13-14H2,(H,25,31)(H,27,29). The number of alkyl carbamates (subject to hydrolysis) is 1. The number of fused-ring (bicyclic) bond motifs is 1. The molecule has 0 bridgehead atoms. The Hall–Kier alpha value is -3.39. The second-order valence-electron chi connectivity index (χ2n) is 7.71. The topological polar surface area (TPSA) is 102 Å². The number of hydrogen-bond donors (Lipinski definition) is 2. The molecule has 9 heteroatoms. The highest BCUT2D eigenvalue weighted by atomic mass is 35.5. The summed E-state index contributed by atoms with van der Waals surface area (Å²) in [7, 11) is 0. The van der Waals surface area contributed by atoms with Gasteiger partial charge in [-0.05, 0) is 49.4 Å². The number of carbonyl (C=O) groups is 2. The van der Waals surface area contributed by atoms with E-state index in [0.29, 0.717) is 21.5 Å². The van der Waals surface area contributed by atoms with Crippen LogP contribution in [0.1, 0.15) is 36.9 Å². The Bertz CT molecular complexity index is 1190. The highest BCUT2D eigenvalue weighted by molar-refractivity contribution is 6.30. The van der Waals surface area contributed by atoms with Crippen LogP contribution in [0.25, 0.3) is 10.8 Å². The lowest BCUT2D eigenvalue weighted by molar-refractivity contribution is -0.116. The van der Waals surface area contributed by atoms with E-state index in [9.17, 15) is 14.4 Å². The molecule has 166 valence electrons. The van der Waals surface area contributed by atoms with Crippen LogP contribution in [0.15, 0.2) is 53.3 Å². The summed E-state index contributed by atoms with van der Waals surface area (Å²) in [4.78, 5) is 38.4. The van der Waals surface area contributed by atoms with Crippen molar-refractivity contribution >= 4 is 34.4 Å². The van der Waals surface area contributed by atoms with Gasteiger partial charge in [-0.3, -0.25) is 9.59 Å². The van der Waals surface area contributed by atoms with Gasteiger partial charge in [0.15, 0.2) is 0 Å². The zero-order chi connectivity index (χ0) is 22.5. The van der Waals surface area contributed by atoms with Crippen LogP contribution in [0, 0.1) is 0 Å². The van der Waals surface area contributed by atoms with Gasteiger partial charge in [-0.15, -0.1) is 4.79 Å². The van der Waals surface area contributed by atoms with E-state index in [1.807, 2.05) is 0 Å². The van der Waals surface area contributed by atoms with Crippen molar-refractivity contribution in [2.45, 2.75) is 44.8 Å². The van der Waals surface area contributed by atoms with Gasteiger partial charge in [0, 0.05) is 10.4 Å². The smallest absolute Gasteiger partial charge is 0.407 e. The molecule has 1 fully saturated rings. The molecule has 1 aliphatic carbocycles. The molecule has 0 atom stereocenters. The largest absolute Gasteiger partial charge is 0.446 e. The molecular weight excluding hydrogens is 432 g/mol.